The molecule has 0 rings (SSSR count). The maximum Gasteiger partial charge on any atom is 0.338 e. The summed E-state index contributed by atoms with van der Waals surface area (Å²) in [6.45, 7) is 3.17. The molecule has 0 fully saturated rings. The number of rotatable bonds is 6. The van der Waals surface area contributed by atoms with E-state index in [9.17, 15) is 4.79 Å². The molecule has 0 aromatic heterocycles. The van der Waals surface area contributed by atoms with Crippen molar-refractivity contribution in [2.24, 2.45) is 0 Å². The van der Waals surface area contributed by atoms with Crippen molar-refractivity contribution in [2.45, 2.75) is 51.6 Å². The van der Waals surface area contributed by atoms with Crippen molar-refractivity contribution in [1.82, 2.24) is 0 Å². The van der Waals surface area contributed by atoms with Crippen molar-refractivity contribution in [3.63, 3.8) is 0 Å². The van der Waals surface area contributed by atoms with Gasteiger partial charge in [0.25, 0.3) is 0 Å². The van der Waals surface area contributed by atoms with Crippen LogP contribution in [0.1, 0.15) is 39.5 Å². The zero-order valence-electron chi connectivity index (χ0n) is 8.56. The molecule has 5 heteroatoms. The van der Waals surface area contributed by atoms with E-state index >= 15 is 0 Å². The highest BCUT2D eigenvalue weighted by Crippen LogP contribution is 2.14. The normalized spacial score (nSPS) is 13.8. The van der Waals surface area contributed by atoms with Crippen LogP contribution in [0, 0.1) is 0 Å². The fourth-order valence-electron chi connectivity index (χ4n) is 0.903. The van der Waals surface area contributed by atoms with E-state index in [-0.39, 0.29) is 6.42 Å². The number of hydrogen-bond acceptors (Lipinski definition) is 5. The minimum absolute atomic E-state index is 0.0424. The molecule has 0 heterocycles. The van der Waals surface area contributed by atoms with Crippen molar-refractivity contribution in [3.8, 4) is 0 Å². The molecular formula is C9H18O5. The molecule has 0 aromatic carbocycles. The Kier molecular flexibility index (Phi) is 5.68. The topological polar surface area (TPSA) is 87.0 Å². The summed E-state index contributed by atoms with van der Waals surface area (Å²) < 4.78 is 4.27. The highest BCUT2D eigenvalue weighted by molar-refractivity contribution is 5.74. The quantitative estimate of drug-likeness (QED) is 0.326. The first-order chi connectivity index (χ1) is 6.39. The van der Waals surface area contributed by atoms with Crippen LogP contribution in [0.5, 0.6) is 0 Å². The van der Waals surface area contributed by atoms with Crippen LogP contribution >= 0.6 is 0 Å². The van der Waals surface area contributed by atoms with Gasteiger partial charge in [-0.3, -0.25) is 0 Å². The molecule has 0 amide bonds. The van der Waals surface area contributed by atoms with E-state index in [1.165, 1.54) is 6.92 Å². The van der Waals surface area contributed by atoms with E-state index < -0.39 is 18.0 Å². The number of ether oxygens (including phenoxy) is 1. The van der Waals surface area contributed by atoms with Gasteiger partial charge in [0.2, 0.25) is 0 Å². The standard InChI is InChI=1S/C9H18O5/c1-3-4-5-6-9(12,13)14-8(11)7(2)10/h7,10,12-13H,3-6H2,1-2H3. The number of hydrogen-bond donors (Lipinski definition) is 3. The van der Waals surface area contributed by atoms with Gasteiger partial charge in [0.05, 0.1) is 0 Å². The maximum absolute atomic E-state index is 10.8. The predicted octanol–water partition coefficient (Wildman–Crippen LogP) is 0.129. The Morgan fingerprint density at radius 2 is 2.00 bits per heavy atom. The van der Waals surface area contributed by atoms with E-state index in [0.717, 1.165) is 12.8 Å². The largest absolute Gasteiger partial charge is 0.406 e. The Morgan fingerprint density at radius 3 is 2.43 bits per heavy atom. The third-order valence-electron chi connectivity index (χ3n) is 1.71. The van der Waals surface area contributed by atoms with Crippen LogP contribution in [-0.2, 0) is 9.53 Å². The summed E-state index contributed by atoms with van der Waals surface area (Å²) in [5.41, 5.74) is 0. The number of aliphatic hydroxyl groups excluding tert-OH is 1. The average Bonchev–Trinajstić information content (AvgIpc) is 2.03. The molecule has 0 radical (unpaired) electrons. The molecule has 0 aliphatic rings. The molecule has 0 aliphatic carbocycles. The molecular weight excluding hydrogens is 188 g/mol. The fourth-order valence-corrected chi connectivity index (χ4v) is 0.903. The van der Waals surface area contributed by atoms with Crippen molar-refractivity contribution in [1.29, 1.82) is 0 Å². The first kappa shape index (κ1) is 13.4. The molecule has 0 saturated carbocycles. The van der Waals surface area contributed by atoms with Gasteiger partial charge in [0.15, 0.2) is 0 Å². The third-order valence-corrected chi connectivity index (χ3v) is 1.71. The smallest absolute Gasteiger partial charge is 0.338 e. The van der Waals surface area contributed by atoms with Crippen LogP contribution in [0.3, 0.4) is 0 Å². The van der Waals surface area contributed by atoms with Gasteiger partial charge in [0, 0.05) is 6.42 Å². The van der Waals surface area contributed by atoms with Crippen LogP contribution in [0.4, 0.5) is 0 Å². The third kappa shape index (κ3) is 5.90. The molecule has 1 unspecified atom stereocenters. The minimum Gasteiger partial charge on any atom is -0.406 e. The summed E-state index contributed by atoms with van der Waals surface area (Å²) in [5, 5.41) is 27.1. The summed E-state index contributed by atoms with van der Waals surface area (Å²) in [6.07, 6.45) is 0.922. The van der Waals surface area contributed by atoms with Gasteiger partial charge in [-0.25, -0.2) is 4.79 Å². The highest BCUT2D eigenvalue weighted by Gasteiger charge is 2.29. The van der Waals surface area contributed by atoms with Gasteiger partial charge in [-0.15, -0.1) is 0 Å². The summed E-state index contributed by atoms with van der Waals surface area (Å²) in [5.74, 6) is -3.49. The molecule has 0 aliphatic heterocycles. The number of carbonyl (C=O) groups excluding carboxylic acids is 1. The molecule has 0 saturated heterocycles. The Labute approximate surface area is 83.3 Å². The molecule has 0 aromatic rings. The Bertz CT molecular complexity index is 176. The number of aliphatic hydroxyl groups is 3. The second-order valence-electron chi connectivity index (χ2n) is 3.30. The first-order valence-electron chi connectivity index (χ1n) is 4.74. The minimum atomic E-state index is -2.46. The van der Waals surface area contributed by atoms with E-state index in [2.05, 4.69) is 4.74 Å². The molecule has 0 spiro atoms. The molecule has 1 atom stereocenters. The zero-order chi connectivity index (χ0) is 11.2. The van der Waals surface area contributed by atoms with Crippen LogP contribution in [0.25, 0.3) is 0 Å². The van der Waals surface area contributed by atoms with E-state index in [4.69, 9.17) is 15.3 Å². The summed E-state index contributed by atoms with van der Waals surface area (Å²) in [4.78, 5) is 10.8. The summed E-state index contributed by atoms with van der Waals surface area (Å²) >= 11 is 0. The second-order valence-corrected chi connectivity index (χ2v) is 3.30. The van der Waals surface area contributed by atoms with Crippen LogP contribution < -0.4 is 0 Å². The van der Waals surface area contributed by atoms with Crippen molar-refractivity contribution in [2.75, 3.05) is 0 Å². The van der Waals surface area contributed by atoms with E-state index in [0.29, 0.717) is 6.42 Å². The zero-order valence-corrected chi connectivity index (χ0v) is 8.56. The molecule has 84 valence electrons. The molecule has 3 N–H and O–H groups in total. The maximum atomic E-state index is 10.8. The fraction of sp³-hybridized carbons (Fsp3) is 0.889. The van der Waals surface area contributed by atoms with Crippen molar-refractivity contribution >= 4 is 5.97 Å². The Balaban J connectivity index is 3.87. The first-order valence-corrected chi connectivity index (χ1v) is 4.74. The van der Waals surface area contributed by atoms with Crippen LogP contribution in [0.2, 0.25) is 0 Å². The molecule has 14 heavy (non-hydrogen) atoms. The molecule has 5 nitrogen and oxygen atoms in total. The number of esters is 1. The van der Waals surface area contributed by atoms with Crippen molar-refractivity contribution in [3.05, 3.63) is 0 Å². The number of carbonyl (C=O) groups is 1. The molecule has 0 bridgehead atoms. The lowest BCUT2D eigenvalue weighted by molar-refractivity contribution is -0.325. The van der Waals surface area contributed by atoms with Gasteiger partial charge in [-0.1, -0.05) is 19.8 Å². The second kappa shape index (κ2) is 5.95. The predicted molar refractivity (Wildman–Crippen MR) is 49.1 cm³/mol. The van der Waals surface area contributed by atoms with Crippen LogP contribution in [-0.4, -0.2) is 33.4 Å². The van der Waals surface area contributed by atoms with Gasteiger partial charge in [-0.05, 0) is 13.3 Å². The lowest BCUT2D eigenvalue weighted by Gasteiger charge is -2.21. The lowest BCUT2D eigenvalue weighted by atomic mass is 10.2. The SMILES string of the molecule is CCCCCC(O)(O)OC(=O)C(C)O. The summed E-state index contributed by atoms with van der Waals surface area (Å²) in [7, 11) is 0. The lowest BCUT2D eigenvalue weighted by Crippen LogP contribution is -2.37. The van der Waals surface area contributed by atoms with E-state index in [1.807, 2.05) is 6.92 Å². The van der Waals surface area contributed by atoms with Gasteiger partial charge < -0.3 is 20.1 Å². The average molecular weight is 206 g/mol. The summed E-state index contributed by atoms with van der Waals surface area (Å²) in [6, 6.07) is 0. The Morgan fingerprint density at radius 1 is 1.43 bits per heavy atom. The van der Waals surface area contributed by atoms with E-state index in [1.54, 1.807) is 0 Å². The number of unbranched alkanes of at least 4 members (excludes halogenated alkanes) is 2. The Hall–Kier alpha value is -0.650. The van der Waals surface area contributed by atoms with Gasteiger partial charge >= 0.3 is 11.9 Å². The van der Waals surface area contributed by atoms with Crippen LogP contribution in [0.15, 0.2) is 0 Å². The highest BCUT2D eigenvalue weighted by atomic mass is 16.8. The monoisotopic (exact) mass is 206 g/mol. The van der Waals surface area contributed by atoms with Gasteiger partial charge in [-0.2, -0.15) is 0 Å². The van der Waals surface area contributed by atoms with Crippen molar-refractivity contribution < 1.29 is 24.9 Å². The van der Waals surface area contributed by atoms with Gasteiger partial charge in [0.1, 0.15) is 6.10 Å².